The average molecular weight is 261 g/mol. The zero-order valence-corrected chi connectivity index (χ0v) is 11.8. The van der Waals surface area contributed by atoms with Crippen molar-refractivity contribution in [3.63, 3.8) is 0 Å². The van der Waals surface area contributed by atoms with Crippen LogP contribution in [0, 0.1) is 5.92 Å². The largest absolute Gasteiger partial charge is 0.352 e. The summed E-state index contributed by atoms with van der Waals surface area (Å²) in [5.74, 6) is 0.372. The molecule has 1 aromatic heterocycles. The predicted octanol–water partition coefficient (Wildman–Crippen LogP) is 1.82. The van der Waals surface area contributed by atoms with E-state index in [0.717, 1.165) is 31.5 Å². The van der Waals surface area contributed by atoms with Crippen molar-refractivity contribution in [1.29, 1.82) is 0 Å². The van der Waals surface area contributed by atoms with E-state index in [9.17, 15) is 4.79 Å². The number of carbonyl (C=O) groups excluding carboxylic acids is 1. The van der Waals surface area contributed by atoms with E-state index in [-0.39, 0.29) is 11.8 Å². The van der Waals surface area contributed by atoms with Crippen LogP contribution in [0.2, 0.25) is 0 Å². The van der Waals surface area contributed by atoms with Gasteiger partial charge in [0.1, 0.15) is 0 Å². The normalized spacial score (nSPS) is 17.6. The topological polar surface area (TPSA) is 45.2 Å². The molecule has 0 spiro atoms. The molecule has 4 heteroatoms. The Balaban J connectivity index is 1.76. The minimum absolute atomic E-state index is 0.178. The van der Waals surface area contributed by atoms with Crippen molar-refractivity contribution in [3.05, 3.63) is 30.1 Å². The van der Waals surface area contributed by atoms with E-state index in [1.165, 1.54) is 0 Å². The number of nitrogens with one attached hydrogen (secondary N) is 1. The second-order valence-electron chi connectivity index (χ2n) is 5.48. The predicted molar refractivity (Wildman–Crippen MR) is 75.5 cm³/mol. The maximum atomic E-state index is 12.1. The molecule has 4 nitrogen and oxygen atoms in total. The first-order valence-electron chi connectivity index (χ1n) is 7.07. The molecule has 1 N–H and O–H groups in total. The molecule has 0 aromatic carbocycles. The van der Waals surface area contributed by atoms with E-state index in [0.29, 0.717) is 12.6 Å². The van der Waals surface area contributed by atoms with Gasteiger partial charge in [-0.15, -0.1) is 0 Å². The zero-order valence-electron chi connectivity index (χ0n) is 11.8. The Bertz CT molecular complexity index is 397. The Hall–Kier alpha value is -1.42. The van der Waals surface area contributed by atoms with Crippen LogP contribution in [-0.2, 0) is 11.3 Å². The standard InChI is InChI=1S/C15H23N3O/c1-12(2)18-9-5-14(6-10-18)15(19)17-11-13-3-7-16-8-4-13/h3-4,7-8,12,14H,5-6,9-11H2,1-2H3,(H,17,19). The smallest absolute Gasteiger partial charge is 0.223 e. The molecule has 104 valence electrons. The maximum Gasteiger partial charge on any atom is 0.223 e. The van der Waals surface area contributed by atoms with Crippen LogP contribution < -0.4 is 5.32 Å². The van der Waals surface area contributed by atoms with Gasteiger partial charge in [-0.05, 0) is 57.5 Å². The van der Waals surface area contributed by atoms with Gasteiger partial charge in [0.05, 0.1) is 0 Å². The number of hydrogen-bond acceptors (Lipinski definition) is 3. The summed E-state index contributed by atoms with van der Waals surface area (Å²) < 4.78 is 0. The Labute approximate surface area is 115 Å². The van der Waals surface area contributed by atoms with Crippen LogP contribution in [0.15, 0.2) is 24.5 Å². The molecule has 0 aliphatic carbocycles. The van der Waals surface area contributed by atoms with Gasteiger partial charge in [-0.25, -0.2) is 0 Å². The summed E-state index contributed by atoms with van der Waals surface area (Å²) in [5, 5.41) is 3.03. The molecule has 1 aliphatic rings. The number of nitrogens with zero attached hydrogens (tertiary/aromatic N) is 2. The van der Waals surface area contributed by atoms with E-state index >= 15 is 0 Å². The Morgan fingerprint density at radius 3 is 2.58 bits per heavy atom. The minimum atomic E-state index is 0.178. The van der Waals surface area contributed by atoms with Crippen molar-refractivity contribution < 1.29 is 4.79 Å². The van der Waals surface area contributed by atoms with Gasteiger partial charge in [0.2, 0.25) is 5.91 Å². The maximum absolute atomic E-state index is 12.1. The molecule has 0 radical (unpaired) electrons. The van der Waals surface area contributed by atoms with E-state index < -0.39 is 0 Å². The van der Waals surface area contributed by atoms with Crippen LogP contribution in [0.3, 0.4) is 0 Å². The molecule has 1 amide bonds. The number of carbonyl (C=O) groups is 1. The van der Waals surface area contributed by atoms with Crippen LogP contribution in [0.25, 0.3) is 0 Å². The molecule has 0 atom stereocenters. The fraction of sp³-hybridized carbons (Fsp3) is 0.600. The average Bonchev–Trinajstić information content (AvgIpc) is 2.46. The van der Waals surface area contributed by atoms with Gasteiger partial charge in [-0.2, -0.15) is 0 Å². The number of amides is 1. The molecule has 0 saturated carbocycles. The van der Waals surface area contributed by atoms with Gasteiger partial charge in [0.15, 0.2) is 0 Å². The van der Waals surface area contributed by atoms with E-state index in [2.05, 4.69) is 29.0 Å². The monoisotopic (exact) mass is 261 g/mol. The van der Waals surface area contributed by atoms with E-state index in [1.807, 2.05) is 12.1 Å². The molecule has 2 rings (SSSR count). The van der Waals surface area contributed by atoms with E-state index in [4.69, 9.17) is 0 Å². The second kappa shape index (κ2) is 6.66. The fourth-order valence-electron chi connectivity index (χ4n) is 2.51. The van der Waals surface area contributed by atoms with Crippen molar-refractivity contribution >= 4 is 5.91 Å². The highest BCUT2D eigenvalue weighted by Crippen LogP contribution is 2.19. The molecule has 1 aliphatic heterocycles. The van der Waals surface area contributed by atoms with Crippen LogP contribution >= 0.6 is 0 Å². The summed E-state index contributed by atoms with van der Waals surface area (Å²) in [6.07, 6.45) is 5.45. The summed E-state index contributed by atoms with van der Waals surface area (Å²) in [5.41, 5.74) is 1.10. The Kier molecular flexibility index (Phi) is 4.91. The first-order chi connectivity index (χ1) is 9.16. The van der Waals surface area contributed by atoms with Gasteiger partial charge in [-0.3, -0.25) is 9.78 Å². The number of piperidine rings is 1. The third-order valence-electron chi connectivity index (χ3n) is 3.85. The molecule has 19 heavy (non-hydrogen) atoms. The SMILES string of the molecule is CC(C)N1CCC(C(=O)NCc2ccncc2)CC1. The summed E-state index contributed by atoms with van der Waals surface area (Å²) in [7, 11) is 0. The number of likely N-dealkylation sites (tertiary alicyclic amines) is 1. The third-order valence-corrected chi connectivity index (χ3v) is 3.85. The number of pyridine rings is 1. The molecular formula is C15H23N3O. The van der Waals surface area contributed by atoms with Crippen molar-refractivity contribution in [2.75, 3.05) is 13.1 Å². The zero-order chi connectivity index (χ0) is 13.7. The summed E-state index contributed by atoms with van der Waals surface area (Å²) >= 11 is 0. The number of rotatable bonds is 4. The van der Waals surface area contributed by atoms with Crippen molar-refractivity contribution in [2.45, 2.75) is 39.3 Å². The van der Waals surface area contributed by atoms with Gasteiger partial charge in [0, 0.05) is 30.9 Å². The van der Waals surface area contributed by atoms with Crippen molar-refractivity contribution in [2.24, 2.45) is 5.92 Å². The van der Waals surface area contributed by atoms with Crippen LogP contribution in [0.1, 0.15) is 32.3 Å². The quantitative estimate of drug-likeness (QED) is 0.899. The van der Waals surface area contributed by atoms with Gasteiger partial charge < -0.3 is 10.2 Å². The first-order valence-corrected chi connectivity index (χ1v) is 7.07. The van der Waals surface area contributed by atoms with Crippen LogP contribution in [-0.4, -0.2) is 34.9 Å². The third kappa shape index (κ3) is 4.03. The lowest BCUT2D eigenvalue weighted by molar-refractivity contribution is -0.126. The van der Waals surface area contributed by atoms with Gasteiger partial charge >= 0.3 is 0 Å². The number of aromatic nitrogens is 1. The molecule has 0 bridgehead atoms. The Morgan fingerprint density at radius 2 is 2.00 bits per heavy atom. The summed E-state index contributed by atoms with van der Waals surface area (Å²) in [6, 6.07) is 4.45. The lowest BCUT2D eigenvalue weighted by atomic mass is 9.95. The molecule has 0 unspecified atom stereocenters. The van der Waals surface area contributed by atoms with Crippen molar-refractivity contribution in [3.8, 4) is 0 Å². The first kappa shape index (κ1) is 14.0. The number of hydrogen-bond donors (Lipinski definition) is 1. The van der Waals surface area contributed by atoms with E-state index in [1.54, 1.807) is 12.4 Å². The fourth-order valence-corrected chi connectivity index (χ4v) is 2.51. The van der Waals surface area contributed by atoms with Gasteiger partial charge in [-0.1, -0.05) is 0 Å². The molecule has 1 fully saturated rings. The Morgan fingerprint density at radius 1 is 1.37 bits per heavy atom. The highest BCUT2D eigenvalue weighted by molar-refractivity contribution is 5.78. The molecule has 1 saturated heterocycles. The van der Waals surface area contributed by atoms with Gasteiger partial charge in [0.25, 0.3) is 0 Å². The molecule has 2 heterocycles. The lowest BCUT2D eigenvalue weighted by Gasteiger charge is -2.33. The second-order valence-corrected chi connectivity index (χ2v) is 5.48. The molecule has 1 aromatic rings. The van der Waals surface area contributed by atoms with Crippen LogP contribution in [0.5, 0.6) is 0 Å². The minimum Gasteiger partial charge on any atom is -0.352 e. The summed E-state index contributed by atoms with van der Waals surface area (Å²) in [6.45, 7) is 7.09. The van der Waals surface area contributed by atoms with Crippen molar-refractivity contribution in [1.82, 2.24) is 15.2 Å². The summed E-state index contributed by atoms with van der Waals surface area (Å²) in [4.78, 5) is 18.5. The highest BCUT2D eigenvalue weighted by Gasteiger charge is 2.25. The molecular weight excluding hydrogens is 238 g/mol. The lowest BCUT2D eigenvalue weighted by Crippen LogP contribution is -2.42. The van der Waals surface area contributed by atoms with Crippen LogP contribution in [0.4, 0.5) is 0 Å². The highest BCUT2D eigenvalue weighted by atomic mass is 16.1.